The quantitative estimate of drug-likeness (QED) is 0.0783. The standard InChI is InChI=1S/C45H46ClF2N7O8S/c1-7-63-43(56)32-14-16-50-45(51-32)54-18-15-29(39-36(44(57)62-6)40(30-12-13-31(47)38(48)37(30)46)53-41(52-39)42-49-17-19-64-42)33(24-54)55(22-25-8-10-27(58-2)20-34(25)60-4)23-26-9-11-28(59-3)21-35(26)61-5/h8-14,16-17,19-21,29,33,40H,7,15,18,22-24H2,1-6H3,(H,52,53). The van der Waals surface area contributed by atoms with E-state index in [1.165, 1.54) is 36.8 Å². The van der Waals surface area contributed by atoms with Crippen LogP contribution in [0.25, 0.3) is 0 Å². The van der Waals surface area contributed by atoms with Gasteiger partial charge in [-0.2, -0.15) is 0 Å². The number of esters is 2. The van der Waals surface area contributed by atoms with Crippen LogP contribution in [-0.2, 0) is 27.4 Å². The number of nitrogens with zero attached hydrogens (tertiary/aromatic N) is 6. The third kappa shape index (κ3) is 9.58. The van der Waals surface area contributed by atoms with Crippen molar-refractivity contribution in [3.8, 4) is 23.0 Å². The summed E-state index contributed by atoms with van der Waals surface area (Å²) in [5.41, 5.74) is 2.22. The van der Waals surface area contributed by atoms with Crippen molar-refractivity contribution in [2.75, 3.05) is 60.1 Å². The van der Waals surface area contributed by atoms with Crippen molar-refractivity contribution in [2.24, 2.45) is 10.9 Å². The van der Waals surface area contributed by atoms with E-state index in [1.54, 1.807) is 59.1 Å². The van der Waals surface area contributed by atoms with Crippen molar-refractivity contribution in [2.45, 2.75) is 38.5 Å². The Labute approximate surface area is 377 Å². The molecule has 3 unspecified atom stereocenters. The Kier molecular flexibility index (Phi) is 14.6. The topological polar surface area (TPSA) is 159 Å². The first-order chi connectivity index (χ1) is 31.0. The number of aromatic nitrogens is 3. The molecule has 5 aromatic rings. The highest BCUT2D eigenvalue weighted by Crippen LogP contribution is 2.43. The van der Waals surface area contributed by atoms with Crippen molar-refractivity contribution in [1.29, 1.82) is 0 Å². The summed E-state index contributed by atoms with van der Waals surface area (Å²) in [4.78, 5) is 50.0. The summed E-state index contributed by atoms with van der Waals surface area (Å²) in [6.45, 7) is 3.04. The molecular formula is C45H46ClF2N7O8S. The summed E-state index contributed by atoms with van der Waals surface area (Å²) >= 11 is 7.86. The molecule has 1 saturated heterocycles. The molecule has 0 aliphatic carbocycles. The zero-order chi connectivity index (χ0) is 45.5. The van der Waals surface area contributed by atoms with Crippen molar-refractivity contribution in [1.82, 2.24) is 25.2 Å². The third-order valence-corrected chi connectivity index (χ3v) is 12.2. The highest BCUT2D eigenvalue weighted by Gasteiger charge is 2.44. The highest BCUT2D eigenvalue weighted by atomic mass is 35.5. The summed E-state index contributed by atoms with van der Waals surface area (Å²) in [5, 5.41) is 5.19. The van der Waals surface area contributed by atoms with Crippen LogP contribution >= 0.6 is 22.9 Å². The Morgan fingerprint density at radius 3 is 2.17 bits per heavy atom. The maximum Gasteiger partial charge on any atom is 0.357 e. The second-order valence-corrected chi connectivity index (χ2v) is 15.8. The van der Waals surface area contributed by atoms with E-state index in [2.05, 4.69) is 25.2 Å². The van der Waals surface area contributed by atoms with Crippen molar-refractivity contribution >= 4 is 46.7 Å². The number of halogens is 3. The zero-order valence-electron chi connectivity index (χ0n) is 35.9. The van der Waals surface area contributed by atoms with Gasteiger partial charge in [0, 0.05) is 90.4 Å². The minimum absolute atomic E-state index is 0.0451. The Morgan fingerprint density at radius 2 is 1.58 bits per heavy atom. The summed E-state index contributed by atoms with van der Waals surface area (Å²) in [5.74, 6) is -1.44. The van der Waals surface area contributed by atoms with E-state index in [0.717, 1.165) is 17.2 Å². The first-order valence-corrected chi connectivity index (χ1v) is 21.4. The average molecular weight is 918 g/mol. The molecule has 0 spiro atoms. The lowest BCUT2D eigenvalue weighted by atomic mass is 9.81. The fraction of sp³-hybridized carbons (Fsp3) is 0.333. The predicted octanol–water partition coefficient (Wildman–Crippen LogP) is 7.19. The summed E-state index contributed by atoms with van der Waals surface area (Å²) in [6, 6.07) is 13.1. The lowest BCUT2D eigenvalue weighted by molar-refractivity contribution is -0.136. The number of carbonyl (C=O) groups excluding carboxylic acids is 2. The molecule has 336 valence electrons. The van der Waals surface area contributed by atoms with Crippen LogP contribution in [0.5, 0.6) is 23.0 Å². The Bertz CT molecular complexity index is 2510. The van der Waals surface area contributed by atoms with Crippen LogP contribution in [0.15, 0.2) is 88.6 Å². The normalized spacial score (nSPS) is 17.4. The Morgan fingerprint density at radius 1 is 0.891 bits per heavy atom. The number of hydrogen-bond donors (Lipinski definition) is 1. The number of carbonyl (C=O) groups is 2. The molecule has 3 atom stereocenters. The van der Waals surface area contributed by atoms with Crippen molar-refractivity contribution in [3.05, 3.63) is 128 Å². The number of anilines is 1. The van der Waals surface area contributed by atoms with Crippen molar-refractivity contribution < 1.29 is 46.8 Å². The number of benzene rings is 3. The summed E-state index contributed by atoms with van der Waals surface area (Å²) < 4.78 is 63.5. The molecular weight excluding hydrogens is 872 g/mol. The number of nitrogens with one attached hydrogen (secondary N) is 1. The molecule has 0 bridgehead atoms. The van der Waals surface area contributed by atoms with Crippen LogP contribution in [0.2, 0.25) is 5.02 Å². The van der Waals surface area contributed by atoms with E-state index in [0.29, 0.717) is 46.7 Å². The van der Waals surface area contributed by atoms with Crippen LogP contribution in [0.3, 0.4) is 0 Å². The predicted molar refractivity (Wildman–Crippen MR) is 235 cm³/mol. The maximum absolute atomic E-state index is 15.3. The van der Waals surface area contributed by atoms with Crippen LogP contribution in [-0.4, -0.2) is 98.9 Å². The molecule has 1 fully saturated rings. The molecule has 1 N–H and O–H groups in total. The van der Waals surface area contributed by atoms with Gasteiger partial charge in [0.05, 0.1) is 52.8 Å². The second kappa shape index (κ2) is 20.4. The third-order valence-electron chi connectivity index (χ3n) is 11.0. The smallest absolute Gasteiger partial charge is 0.357 e. The molecule has 64 heavy (non-hydrogen) atoms. The lowest BCUT2D eigenvalue weighted by Crippen LogP contribution is -2.55. The van der Waals surface area contributed by atoms with Crippen LogP contribution in [0.1, 0.15) is 51.6 Å². The van der Waals surface area contributed by atoms with Crippen LogP contribution < -0.4 is 29.2 Å². The number of hydrogen-bond acceptors (Lipinski definition) is 16. The van der Waals surface area contributed by atoms with Gasteiger partial charge in [-0.25, -0.2) is 33.3 Å². The van der Waals surface area contributed by atoms with Gasteiger partial charge in [-0.3, -0.25) is 9.89 Å². The zero-order valence-corrected chi connectivity index (χ0v) is 37.5. The average Bonchev–Trinajstić information content (AvgIpc) is 3.88. The van der Waals surface area contributed by atoms with Gasteiger partial charge in [0.2, 0.25) is 5.95 Å². The first-order valence-electron chi connectivity index (χ1n) is 20.1. The molecule has 2 aliphatic rings. The molecule has 0 saturated carbocycles. The van der Waals surface area contributed by atoms with Gasteiger partial charge in [-0.05, 0) is 37.6 Å². The SMILES string of the molecule is CCOC(=O)c1ccnc(N2CCC(C3=C(C(=O)OC)C(c4ccc(F)c(F)c4Cl)N=C(c4nccs4)N3)C(N(Cc3ccc(OC)cc3OC)Cc3ccc(OC)cc3OC)C2)n1. The molecule has 4 heterocycles. The number of ether oxygens (including phenoxy) is 6. The number of thiazole rings is 1. The highest BCUT2D eigenvalue weighted by molar-refractivity contribution is 7.11. The van der Waals surface area contributed by atoms with Gasteiger partial charge in [0.1, 0.15) is 29.0 Å². The van der Waals surface area contributed by atoms with Gasteiger partial charge in [0.25, 0.3) is 0 Å². The van der Waals surface area contributed by atoms with Gasteiger partial charge in [0.15, 0.2) is 28.2 Å². The van der Waals surface area contributed by atoms with E-state index < -0.39 is 46.6 Å². The van der Waals surface area contributed by atoms with Gasteiger partial charge in [-0.15, -0.1) is 11.3 Å². The number of methoxy groups -OCH3 is 5. The molecule has 2 aromatic heterocycles. The second-order valence-electron chi connectivity index (χ2n) is 14.6. The minimum Gasteiger partial charge on any atom is -0.497 e. The van der Waals surface area contributed by atoms with E-state index >= 15 is 4.39 Å². The van der Waals surface area contributed by atoms with Gasteiger partial charge >= 0.3 is 11.9 Å². The number of amidine groups is 1. The van der Waals surface area contributed by atoms with Crippen LogP contribution in [0.4, 0.5) is 14.7 Å². The molecule has 0 amide bonds. The van der Waals surface area contributed by atoms with Crippen molar-refractivity contribution in [3.63, 3.8) is 0 Å². The van der Waals surface area contributed by atoms with E-state index in [1.807, 2.05) is 29.2 Å². The molecule has 2 aliphatic heterocycles. The van der Waals surface area contributed by atoms with Gasteiger partial charge in [-0.1, -0.05) is 29.8 Å². The number of rotatable bonds is 16. The van der Waals surface area contributed by atoms with E-state index in [9.17, 15) is 14.0 Å². The fourth-order valence-electron chi connectivity index (χ4n) is 7.95. The van der Waals surface area contributed by atoms with Crippen LogP contribution in [0, 0.1) is 17.6 Å². The Balaban J connectivity index is 1.45. The Hall–Kier alpha value is -6.37. The number of piperidine rings is 1. The molecule has 15 nitrogen and oxygen atoms in total. The summed E-state index contributed by atoms with van der Waals surface area (Å²) in [6.07, 6.45) is 3.48. The molecule has 19 heteroatoms. The minimum atomic E-state index is -1.28. The molecule has 3 aromatic carbocycles. The van der Waals surface area contributed by atoms with E-state index in [-0.39, 0.29) is 54.9 Å². The monoisotopic (exact) mass is 917 g/mol. The summed E-state index contributed by atoms with van der Waals surface area (Å²) in [7, 11) is 7.55. The number of aliphatic imine (C=N–C) groups is 1. The lowest BCUT2D eigenvalue weighted by Gasteiger charge is -2.46. The maximum atomic E-state index is 15.3. The molecule has 7 rings (SSSR count). The largest absolute Gasteiger partial charge is 0.497 e. The first kappa shape index (κ1) is 45.6. The fourth-order valence-corrected chi connectivity index (χ4v) is 8.79. The van der Waals surface area contributed by atoms with Gasteiger partial charge < -0.3 is 38.6 Å². The van der Waals surface area contributed by atoms with E-state index in [4.69, 9.17) is 45.0 Å². The molecule has 0 radical (unpaired) electrons.